The van der Waals surface area contributed by atoms with E-state index in [2.05, 4.69) is 4.98 Å². The highest BCUT2D eigenvalue weighted by molar-refractivity contribution is 5.94. The Morgan fingerprint density at radius 2 is 2.00 bits per heavy atom. The van der Waals surface area contributed by atoms with Crippen LogP contribution in [-0.2, 0) is 4.79 Å². The zero-order chi connectivity index (χ0) is 13.9. The van der Waals surface area contributed by atoms with Gasteiger partial charge < -0.3 is 10.0 Å². The molecule has 1 aromatic rings. The van der Waals surface area contributed by atoms with Gasteiger partial charge in [0.25, 0.3) is 5.91 Å². The van der Waals surface area contributed by atoms with Crippen molar-refractivity contribution >= 4 is 11.9 Å². The maximum absolute atomic E-state index is 12.2. The molecule has 0 atom stereocenters. The van der Waals surface area contributed by atoms with E-state index in [1.165, 1.54) is 11.1 Å². The van der Waals surface area contributed by atoms with Crippen LogP contribution in [0.15, 0.2) is 18.3 Å². The molecule has 0 spiro atoms. The van der Waals surface area contributed by atoms with Crippen LogP contribution >= 0.6 is 0 Å². The molecule has 0 aliphatic carbocycles. The Kier molecular flexibility index (Phi) is 4.06. The van der Waals surface area contributed by atoms with E-state index in [0.717, 1.165) is 5.69 Å². The zero-order valence-electron chi connectivity index (χ0n) is 11.1. The van der Waals surface area contributed by atoms with Crippen molar-refractivity contribution in [2.45, 2.75) is 32.7 Å². The van der Waals surface area contributed by atoms with Gasteiger partial charge in [0, 0.05) is 24.5 Å². The van der Waals surface area contributed by atoms with Crippen LogP contribution in [0.1, 0.15) is 36.3 Å². The van der Waals surface area contributed by atoms with Crippen molar-refractivity contribution in [2.75, 3.05) is 7.05 Å². The highest BCUT2D eigenvalue weighted by Crippen LogP contribution is 2.19. The van der Waals surface area contributed by atoms with Gasteiger partial charge in [-0.25, -0.2) is 0 Å². The quantitative estimate of drug-likeness (QED) is 0.883. The number of aliphatic carboxylic acids is 1. The molecule has 0 fully saturated rings. The van der Waals surface area contributed by atoms with Crippen LogP contribution in [0.3, 0.4) is 0 Å². The Labute approximate surface area is 106 Å². The molecule has 0 saturated heterocycles. The highest BCUT2D eigenvalue weighted by atomic mass is 16.4. The Bertz CT molecular complexity index is 452. The Morgan fingerprint density at radius 1 is 1.39 bits per heavy atom. The number of pyridine rings is 1. The van der Waals surface area contributed by atoms with Gasteiger partial charge in [0.15, 0.2) is 0 Å². The van der Waals surface area contributed by atoms with Crippen LogP contribution in [0.4, 0.5) is 0 Å². The number of carbonyl (C=O) groups excluding carboxylic acids is 1. The number of carbonyl (C=O) groups is 2. The number of aryl methyl sites for hydroxylation is 1. The Balaban J connectivity index is 2.89. The molecule has 5 nitrogen and oxygen atoms in total. The predicted octanol–water partition coefficient (Wildman–Crippen LogP) is 1.72. The molecule has 1 amide bonds. The molecule has 1 rings (SSSR count). The first-order valence-corrected chi connectivity index (χ1v) is 5.66. The molecule has 0 aliphatic heterocycles. The molecule has 1 heterocycles. The number of hydrogen-bond acceptors (Lipinski definition) is 3. The minimum atomic E-state index is -0.929. The number of rotatable bonds is 4. The van der Waals surface area contributed by atoms with Gasteiger partial charge in [-0.2, -0.15) is 0 Å². The van der Waals surface area contributed by atoms with Gasteiger partial charge in [-0.05, 0) is 32.9 Å². The van der Waals surface area contributed by atoms with Gasteiger partial charge in [-0.1, -0.05) is 0 Å². The van der Waals surface area contributed by atoms with Crippen LogP contribution in [0.2, 0.25) is 0 Å². The van der Waals surface area contributed by atoms with Gasteiger partial charge in [0.05, 0.1) is 12.0 Å². The monoisotopic (exact) mass is 250 g/mol. The van der Waals surface area contributed by atoms with Crippen LogP contribution in [0.5, 0.6) is 0 Å². The van der Waals surface area contributed by atoms with E-state index in [4.69, 9.17) is 5.11 Å². The first-order chi connectivity index (χ1) is 8.24. The van der Waals surface area contributed by atoms with E-state index in [9.17, 15) is 9.59 Å². The fraction of sp³-hybridized carbons (Fsp3) is 0.462. The number of nitrogens with zero attached hydrogens (tertiary/aromatic N) is 2. The average molecular weight is 250 g/mol. The number of amides is 1. The third-order valence-corrected chi connectivity index (χ3v) is 2.95. The van der Waals surface area contributed by atoms with E-state index in [1.54, 1.807) is 33.0 Å². The molecule has 0 unspecified atom stereocenters. The van der Waals surface area contributed by atoms with Crippen LogP contribution in [0, 0.1) is 6.92 Å². The molecule has 0 radical (unpaired) electrons. The maximum atomic E-state index is 12.2. The Hall–Kier alpha value is -1.91. The summed E-state index contributed by atoms with van der Waals surface area (Å²) >= 11 is 0. The van der Waals surface area contributed by atoms with E-state index in [1.807, 2.05) is 6.92 Å². The van der Waals surface area contributed by atoms with Gasteiger partial charge >= 0.3 is 5.97 Å². The molecule has 98 valence electrons. The van der Waals surface area contributed by atoms with Crippen molar-refractivity contribution in [3.8, 4) is 0 Å². The van der Waals surface area contributed by atoms with E-state index in [-0.39, 0.29) is 12.3 Å². The molecule has 5 heteroatoms. The van der Waals surface area contributed by atoms with Crippen molar-refractivity contribution < 1.29 is 14.7 Å². The molecular weight excluding hydrogens is 232 g/mol. The van der Waals surface area contributed by atoms with E-state index >= 15 is 0 Å². The number of carboxylic acid groups (broad SMARTS) is 1. The fourth-order valence-electron chi connectivity index (χ4n) is 1.55. The second-order valence-electron chi connectivity index (χ2n) is 4.94. The SMILES string of the molecule is Cc1ccc(C(=O)N(C)C(C)(C)CC(=O)O)cn1. The number of carboxylic acids is 1. The van der Waals surface area contributed by atoms with Gasteiger partial charge in [-0.15, -0.1) is 0 Å². The molecule has 0 saturated carbocycles. The summed E-state index contributed by atoms with van der Waals surface area (Å²) in [6.07, 6.45) is 1.40. The van der Waals surface area contributed by atoms with Crippen LogP contribution in [0.25, 0.3) is 0 Å². The van der Waals surface area contributed by atoms with Crippen molar-refractivity contribution in [3.05, 3.63) is 29.6 Å². The first-order valence-electron chi connectivity index (χ1n) is 5.66. The van der Waals surface area contributed by atoms with Crippen molar-refractivity contribution in [1.29, 1.82) is 0 Å². The van der Waals surface area contributed by atoms with Gasteiger partial charge in [0.1, 0.15) is 0 Å². The molecule has 0 aliphatic rings. The van der Waals surface area contributed by atoms with Crippen molar-refractivity contribution in [2.24, 2.45) is 0 Å². The molecule has 18 heavy (non-hydrogen) atoms. The average Bonchev–Trinajstić information content (AvgIpc) is 2.26. The standard InChI is InChI=1S/C13H18N2O3/c1-9-5-6-10(8-14-9)12(18)15(4)13(2,3)7-11(16)17/h5-6,8H,7H2,1-4H3,(H,16,17). The summed E-state index contributed by atoms with van der Waals surface area (Å²) in [4.78, 5) is 28.4. The molecular formula is C13H18N2O3. The Morgan fingerprint density at radius 3 is 2.44 bits per heavy atom. The lowest BCUT2D eigenvalue weighted by Crippen LogP contribution is -2.46. The lowest BCUT2D eigenvalue weighted by atomic mass is 9.98. The minimum Gasteiger partial charge on any atom is -0.481 e. The summed E-state index contributed by atoms with van der Waals surface area (Å²) in [5, 5.41) is 8.84. The first kappa shape index (κ1) is 14.2. The fourth-order valence-corrected chi connectivity index (χ4v) is 1.55. The van der Waals surface area contributed by atoms with Crippen LogP contribution in [-0.4, -0.2) is 39.5 Å². The number of aromatic nitrogens is 1. The lowest BCUT2D eigenvalue weighted by molar-refractivity contribution is -0.139. The zero-order valence-corrected chi connectivity index (χ0v) is 11.1. The third kappa shape index (κ3) is 3.29. The van der Waals surface area contributed by atoms with Gasteiger partial charge in [-0.3, -0.25) is 14.6 Å². The van der Waals surface area contributed by atoms with Gasteiger partial charge in [0.2, 0.25) is 0 Å². The second-order valence-corrected chi connectivity index (χ2v) is 4.94. The molecule has 0 aromatic carbocycles. The largest absolute Gasteiger partial charge is 0.481 e. The van der Waals surface area contributed by atoms with E-state index in [0.29, 0.717) is 5.56 Å². The minimum absolute atomic E-state index is 0.103. The predicted molar refractivity (Wildman–Crippen MR) is 67.4 cm³/mol. The lowest BCUT2D eigenvalue weighted by Gasteiger charge is -2.34. The van der Waals surface area contributed by atoms with E-state index < -0.39 is 11.5 Å². The summed E-state index contributed by atoms with van der Waals surface area (Å²) in [7, 11) is 1.60. The van der Waals surface area contributed by atoms with Crippen LogP contribution < -0.4 is 0 Å². The molecule has 1 aromatic heterocycles. The third-order valence-electron chi connectivity index (χ3n) is 2.95. The summed E-state index contributed by atoms with van der Waals surface area (Å²) in [6.45, 7) is 5.29. The summed E-state index contributed by atoms with van der Waals surface area (Å²) in [6, 6.07) is 3.45. The topological polar surface area (TPSA) is 70.5 Å². The molecule has 1 N–H and O–H groups in total. The summed E-state index contributed by atoms with van der Waals surface area (Å²) in [5.74, 6) is -1.16. The number of hydrogen-bond donors (Lipinski definition) is 1. The smallest absolute Gasteiger partial charge is 0.305 e. The summed E-state index contributed by atoms with van der Waals surface area (Å²) < 4.78 is 0. The summed E-state index contributed by atoms with van der Waals surface area (Å²) in [5.41, 5.74) is 0.550. The second kappa shape index (κ2) is 5.16. The van der Waals surface area contributed by atoms with Crippen molar-refractivity contribution in [3.63, 3.8) is 0 Å². The maximum Gasteiger partial charge on any atom is 0.305 e. The van der Waals surface area contributed by atoms with Crippen molar-refractivity contribution in [1.82, 2.24) is 9.88 Å². The molecule has 0 bridgehead atoms. The normalized spacial score (nSPS) is 11.1. The highest BCUT2D eigenvalue weighted by Gasteiger charge is 2.30.